The molecule has 1 heterocycles. The Hall–Kier alpha value is -3.83. The standard InChI is InChI=1S/C19H13N5/c20-11-15-17(13-7-3-1-4-8-13)16(12-21)19(24-18(15)22)23-14-9-5-2-6-10-14/h1-10H,(H3,22,23,24). The van der Waals surface area contributed by atoms with Crippen molar-refractivity contribution < 1.29 is 0 Å². The van der Waals surface area contributed by atoms with Crippen LogP contribution < -0.4 is 11.1 Å². The lowest BCUT2D eigenvalue weighted by molar-refractivity contribution is 1.27. The number of hydrogen-bond donors (Lipinski definition) is 2. The monoisotopic (exact) mass is 311 g/mol. The van der Waals surface area contributed by atoms with Gasteiger partial charge in [0.25, 0.3) is 0 Å². The number of rotatable bonds is 3. The van der Waals surface area contributed by atoms with Gasteiger partial charge in [-0.05, 0) is 17.7 Å². The Morgan fingerprint density at radius 2 is 1.42 bits per heavy atom. The lowest BCUT2D eigenvalue weighted by atomic mass is 9.96. The minimum atomic E-state index is 0.0915. The van der Waals surface area contributed by atoms with E-state index in [4.69, 9.17) is 5.73 Å². The highest BCUT2D eigenvalue weighted by molar-refractivity contribution is 5.86. The zero-order chi connectivity index (χ0) is 16.9. The Kier molecular flexibility index (Phi) is 4.09. The highest BCUT2D eigenvalue weighted by Crippen LogP contribution is 2.34. The van der Waals surface area contributed by atoms with Crippen molar-refractivity contribution in [2.24, 2.45) is 0 Å². The van der Waals surface area contributed by atoms with Gasteiger partial charge in [-0.25, -0.2) is 4.98 Å². The van der Waals surface area contributed by atoms with Crippen LogP contribution in [0.3, 0.4) is 0 Å². The van der Waals surface area contributed by atoms with Crippen molar-refractivity contribution in [3.05, 3.63) is 71.8 Å². The van der Waals surface area contributed by atoms with Gasteiger partial charge in [0, 0.05) is 11.3 Å². The summed E-state index contributed by atoms with van der Waals surface area (Å²) >= 11 is 0. The van der Waals surface area contributed by atoms with Crippen molar-refractivity contribution in [2.75, 3.05) is 11.1 Å². The van der Waals surface area contributed by atoms with Crippen molar-refractivity contribution in [3.8, 4) is 23.3 Å². The molecule has 0 aliphatic rings. The van der Waals surface area contributed by atoms with Crippen LogP contribution in [-0.4, -0.2) is 4.98 Å². The van der Waals surface area contributed by atoms with Crippen LogP contribution in [-0.2, 0) is 0 Å². The summed E-state index contributed by atoms with van der Waals surface area (Å²) in [7, 11) is 0. The molecule has 5 nitrogen and oxygen atoms in total. The third-order valence-corrected chi connectivity index (χ3v) is 3.55. The van der Waals surface area contributed by atoms with Crippen molar-refractivity contribution in [3.63, 3.8) is 0 Å². The van der Waals surface area contributed by atoms with Gasteiger partial charge in [0.1, 0.15) is 29.1 Å². The van der Waals surface area contributed by atoms with Crippen molar-refractivity contribution >= 4 is 17.3 Å². The first kappa shape index (κ1) is 15.1. The lowest BCUT2D eigenvalue weighted by Gasteiger charge is -2.14. The number of nitrogen functional groups attached to an aromatic ring is 1. The van der Waals surface area contributed by atoms with Crippen LogP contribution >= 0.6 is 0 Å². The number of benzene rings is 2. The summed E-state index contributed by atoms with van der Waals surface area (Å²) in [6.07, 6.45) is 0. The fourth-order valence-corrected chi connectivity index (χ4v) is 2.47. The van der Waals surface area contributed by atoms with E-state index in [1.165, 1.54) is 0 Å². The van der Waals surface area contributed by atoms with Crippen LogP contribution in [0.1, 0.15) is 11.1 Å². The fourth-order valence-electron chi connectivity index (χ4n) is 2.47. The van der Waals surface area contributed by atoms with Gasteiger partial charge in [0.15, 0.2) is 5.82 Å². The molecule has 0 saturated carbocycles. The number of nitrogens with one attached hydrogen (secondary N) is 1. The molecule has 0 bridgehead atoms. The van der Waals surface area contributed by atoms with E-state index >= 15 is 0 Å². The van der Waals surface area contributed by atoms with Crippen molar-refractivity contribution in [1.82, 2.24) is 4.98 Å². The van der Waals surface area contributed by atoms with Gasteiger partial charge in [0.2, 0.25) is 0 Å². The van der Waals surface area contributed by atoms with E-state index in [1.807, 2.05) is 60.7 Å². The predicted octanol–water partition coefficient (Wildman–Crippen LogP) is 3.82. The second-order valence-electron chi connectivity index (χ2n) is 5.05. The summed E-state index contributed by atoms with van der Waals surface area (Å²) in [6, 6.07) is 22.8. The normalized spacial score (nSPS) is 9.75. The van der Waals surface area contributed by atoms with Crippen LogP contribution in [0.15, 0.2) is 60.7 Å². The summed E-state index contributed by atoms with van der Waals surface area (Å²) in [5, 5.41) is 22.2. The molecule has 0 unspecified atom stereocenters. The summed E-state index contributed by atoms with van der Waals surface area (Å²) < 4.78 is 0. The van der Waals surface area contributed by atoms with Gasteiger partial charge in [-0.1, -0.05) is 48.5 Å². The molecule has 114 valence electrons. The molecule has 0 fully saturated rings. The molecule has 0 amide bonds. The number of nitrogens with zero attached hydrogens (tertiary/aromatic N) is 3. The maximum atomic E-state index is 9.67. The second kappa shape index (κ2) is 6.51. The van der Waals surface area contributed by atoms with Gasteiger partial charge in [-0.15, -0.1) is 0 Å². The predicted molar refractivity (Wildman–Crippen MR) is 93.2 cm³/mol. The molecule has 0 saturated heterocycles. The topological polar surface area (TPSA) is 98.5 Å². The maximum absolute atomic E-state index is 9.67. The van der Waals surface area contributed by atoms with E-state index in [2.05, 4.69) is 22.4 Å². The molecular weight excluding hydrogens is 298 g/mol. The number of nitrogens with two attached hydrogens (primary N) is 1. The molecular formula is C19H13N5. The minimum absolute atomic E-state index is 0.0915. The number of anilines is 3. The number of para-hydroxylation sites is 1. The Morgan fingerprint density at radius 1 is 0.833 bits per heavy atom. The first-order valence-corrected chi connectivity index (χ1v) is 7.25. The zero-order valence-corrected chi connectivity index (χ0v) is 12.7. The number of hydrogen-bond acceptors (Lipinski definition) is 5. The smallest absolute Gasteiger partial charge is 0.151 e. The Balaban J connectivity index is 2.24. The molecule has 3 rings (SSSR count). The molecule has 3 aromatic rings. The summed E-state index contributed by atoms with van der Waals surface area (Å²) in [5.41, 5.74) is 8.48. The van der Waals surface area contributed by atoms with Gasteiger partial charge in [-0.2, -0.15) is 10.5 Å². The summed E-state index contributed by atoms with van der Waals surface area (Å²) in [5.74, 6) is 0.424. The fraction of sp³-hybridized carbons (Fsp3) is 0. The Bertz CT molecular complexity index is 951. The molecule has 5 heteroatoms. The molecule has 0 atom stereocenters. The van der Waals surface area contributed by atoms with Gasteiger partial charge >= 0.3 is 0 Å². The molecule has 0 radical (unpaired) electrons. The van der Waals surface area contributed by atoms with Crippen LogP contribution in [0.4, 0.5) is 17.3 Å². The highest BCUT2D eigenvalue weighted by atomic mass is 15.0. The first-order chi connectivity index (χ1) is 11.7. The van der Waals surface area contributed by atoms with Crippen molar-refractivity contribution in [2.45, 2.75) is 0 Å². The molecule has 1 aromatic heterocycles. The molecule has 3 N–H and O–H groups in total. The average molecular weight is 311 g/mol. The van der Waals surface area contributed by atoms with Crippen LogP contribution in [0, 0.1) is 22.7 Å². The van der Waals surface area contributed by atoms with Crippen LogP contribution in [0.5, 0.6) is 0 Å². The minimum Gasteiger partial charge on any atom is -0.383 e. The van der Waals surface area contributed by atoms with Crippen LogP contribution in [0.2, 0.25) is 0 Å². The summed E-state index contributed by atoms with van der Waals surface area (Å²) in [6.45, 7) is 0. The van der Waals surface area contributed by atoms with Gasteiger partial charge in [0.05, 0.1) is 0 Å². The largest absolute Gasteiger partial charge is 0.383 e. The SMILES string of the molecule is N#Cc1c(N)nc(Nc2ccccc2)c(C#N)c1-c1ccccc1. The highest BCUT2D eigenvalue weighted by Gasteiger charge is 2.20. The van der Waals surface area contributed by atoms with E-state index in [0.717, 1.165) is 11.3 Å². The maximum Gasteiger partial charge on any atom is 0.151 e. The van der Waals surface area contributed by atoms with E-state index < -0.39 is 0 Å². The second-order valence-corrected chi connectivity index (χ2v) is 5.05. The van der Waals surface area contributed by atoms with E-state index in [9.17, 15) is 10.5 Å². The molecule has 0 spiro atoms. The molecule has 2 aromatic carbocycles. The zero-order valence-electron chi connectivity index (χ0n) is 12.7. The number of aromatic nitrogens is 1. The third kappa shape index (κ3) is 2.75. The quantitative estimate of drug-likeness (QED) is 0.766. The Morgan fingerprint density at radius 3 is 2.00 bits per heavy atom. The van der Waals surface area contributed by atoms with Gasteiger partial charge in [-0.3, -0.25) is 0 Å². The average Bonchev–Trinajstić information content (AvgIpc) is 2.63. The Labute approximate surface area is 139 Å². The van der Waals surface area contributed by atoms with Crippen LogP contribution in [0.25, 0.3) is 11.1 Å². The van der Waals surface area contributed by atoms with E-state index in [1.54, 1.807) is 0 Å². The lowest BCUT2D eigenvalue weighted by Crippen LogP contribution is -2.06. The number of nitriles is 2. The molecule has 24 heavy (non-hydrogen) atoms. The van der Waals surface area contributed by atoms with Gasteiger partial charge < -0.3 is 11.1 Å². The third-order valence-electron chi connectivity index (χ3n) is 3.55. The molecule has 0 aliphatic heterocycles. The molecule has 0 aliphatic carbocycles. The van der Waals surface area contributed by atoms with E-state index in [-0.39, 0.29) is 16.9 Å². The van der Waals surface area contributed by atoms with Crippen molar-refractivity contribution in [1.29, 1.82) is 10.5 Å². The first-order valence-electron chi connectivity index (χ1n) is 7.25. The number of pyridine rings is 1. The summed E-state index contributed by atoms with van der Waals surface area (Å²) in [4.78, 5) is 4.22. The van der Waals surface area contributed by atoms with E-state index in [0.29, 0.717) is 11.4 Å².